The Balaban J connectivity index is 1.44. The van der Waals surface area contributed by atoms with Crippen LogP contribution in [0, 0.1) is 6.92 Å². The van der Waals surface area contributed by atoms with Gasteiger partial charge in [-0.1, -0.05) is 30.0 Å². The van der Waals surface area contributed by atoms with Gasteiger partial charge in [0.1, 0.15) is 10.8 Å². The van der Waals surface area contributed by atoms with Crippen LogP contribution in [-0.4, -0.2) is 46.0 Å². The van der Waals surface area contributed by atoms with E-state index in [1.165, 1.54) is 11.8 Å². The fourth-order valence-corrected chi connectivity index (χ4v) is 6.35. The third-order valence-corrected chi connectivity index (χ3v) is 7.95. The van der Waals surface area contributed by atoms with E-state index in [9.17, 15) is 9.59 Å². The minimum atomic E-state index is -1.23. The number of urea groups is 1. The zero-order valence-electron chi connectivity index (χ0n) is 18.9. The third-order valence-electron chi connectivity index (χ3n) is 6.47. The average molecular weight is 490 g/mol. The van der Waals surface area contributed by atoms with Crippen LogP contribution >= 0.6 is 11.8 Å². The highest BCUT2D eigenvalue weighted by Crippen LogP contribution is 2.60. The van der Waals surface area contributed by atoms with Gasteiger partial charge >= 0.3 is 12.0 Å². The number of anilines is 1. The molecule has 6 rings (SSSR count). The number of ether oxygens (including phenoxy) is 1. The third kappa shape index (κ3) is 3.67. The Kier molecular flexibility index (Phi) is 5.30. The number of pyridine rings is 1. The highest BCUT2D eigenvalue weighted by atomic mass is 32.2. The molecule has 3 atom stereocenters. The molecule has 0 spiro atoms. The molecule has 178 valence electrons. The molecule has 1 aromatic carbocycles. The fraction of sp³-hybridized carbons (Fsp3) is 0.292. The first-order valence-electron chi connectivity index (χ1n) is 11.4. The summed E-state index contributed by atoms with van der Waals surface area (Å²) in [6.07, 6.45) is 4.10. The highest BCUT2D eigenvalue weighted by Gasteiger charge is 2.59. The van der Waals surface area contributed by atoms with E-state index in [4.69, 9.17) is 4.74 Å². The van der Waals surface area contributed by atoms with E-state index in [-0.39, 0.29) is 24.0 Å². The van der Waals surface area contributed by atoms with Gasteiger partial charge in [-0.25, -0.2) is 14.8 Å². The number of hydrogen-bond donors (Lipinski definition) is 4. The first-order chi connectivity index (χ1) is 17.0. The van der Waals surface area contributed by atoms with E-state index in [1.807, 2.05) is 37.3 Å². The van der Waals surface area contributed by atoms with Crippen LogP contribution in [0.3, 0.4) is 0 Å². The lowest BCUT2D eigenvalue weighted by Crippen LogP contribution is -2.54. The number of benzene rings is 1. The second-order valence-electron chi connectivity index (χ2n) is 8.68. The lowest BCUT2D eigenvalue weighted by molar-refractivity contribution is -0.125. The number of carbonyl (C=O) groups excluding carboxylic acids is 2. The molecule has 2 aromatic heterocycles. The van der Waals surface area contributed by atoms with Crippen molar-refractivity contribution in [3.63, 3.8) is 0 Å². The van der Waals surface area contributed by atoms with Gasteiger partial charge in [-0.3, -0.25) is 4.79 Å². The number of hydrogen-bond acceptors (Lipinski definition) is 8. The van der Waals surface area contributed by atoms with Gasteiger partial charge in [-0.05, 0) is 38.1 Å². The van der Waals surface area contributed by atoms with Crippen molar-refractivity contribution in [2.24, 2.45) is 0 Å². The lowest BCUT2D eigenvalue weighted by atomic mass is 9.84. The van der Waals surface area contributed by atoms with Crippen LogP contribution in [0.15, 0.2) is 53.8 Å². The Bertz CT molecular complexity index is 1320. The quantitative estimate of drug-likeness (QED) is 0.430. The van der Waals surface area contributed by atoms with Gasteiger partial charge in [-0.2, -0.15) is 4.98 Å². The first kappa shape index (κ1) is 21.8. The van der Waals surface area contributed by atoms with Crippen molar-refractivity contribution in [3.8, 4) is 11.8 Å². The summed E-state index contributed by atoms with van der Waals surface area (Å²) < 4.78 is 4.58. The monoisotopic (exact) mass is 489 g/mol. The van der Waals surface area contributed by atoms with Gasteiger partial charge in [0.15, 0.2) is 4.75 Å². The number of rotatable bonds is 5. The molecule has 3 amide bonds. The maximum Gasteiger partial charge on any atom is 0.322 e. The van der Waals surface area contributed by atoms with Crippen LogP contribution in [-0.2, 0) is 9.54 Å². The Labute approximate surface area is 205 Å². The summed E-state index contributed by atoms with van der Waals surface area (Å²) >= 11 is 1.32. The van der Waals surface area contributed by atoms with Crippen molar-refractivity contribution in [2.45, 2.75) is 35.2 Å². The number of nitrogens with one attached hydrogen (secondary N) is 4. The van der Waals surface area contributed by atoms with E-state index in [0.29, 0.717) is 34.3 Å². The van der Waals surface area contributed by atoms with E-state index in [1.54, 1.807) is 18.5 Å². The molecule has 5 heterocycles. The van der Waals surface area contributed by atoms with Crippen molar-refractivity contribution in [1.82, 2.24) is 30.9 Å². The maximum absolute atomic E-state index is 14.1. The Morgan fingerprint density at radius 1 is 1.23 bits per heavy atom. The molecule has 3 unspecified atom stereocenters. The van der Waals surface area contributed by atoms with Crippen LogP contribution in [0.4, 0.5) is 10.5 Å². The molecule has 0 saturated carbocycles. The molecule has 3 aromatic rings. The zero-order valence-corrected chi connectivity index (χ0v) is 19.7. The zero-order chi connectivity index (χ0) is 24.0. The summed E-state index contributed by atoms with van der Waals surface area (Å²) in [5.74, 6) is 0.402. The largest absolute Gasteiger partial charge is 0.424 e. The van der Waals surface area contributed by atoms with Crippen molar-refractivity contribution < 1.29 is 14.3 Å². The number of thioether (sulfide) groups is 1. The van der Waals surface area contributed by atoms with Gasteiger partial charge in [-0.15, -0.1) is 0 Å². The second kappa shape index (κ2) is 8.51. The molecule has 0 aliphatic carbocycles. The first-order valence-corrected chi connectivity index (χ1v) is 12.2. The van der Waals surface area contributed by atoms with Crippen molar-refractivity contribution in [2.75, 3.05) is 18.4 Å². The lowest BCUT2D eigenvalue weighted by Gasteiger charge is -2.37. The standard InChI is InChI=1S/C24H23N7O3S/c1-13-16(12-27-23(28-13)34-15-5-3-2-4-6-15)24(21(32)29-14-7-9-25-11-14)19-18-17(30-22(33)31-19)8-10-26-20(18)35-24/h2-6,8,10,12,14,19,25H,7,9,11H2,1H3,(H,29,32)(H2,30,31,33). The summed E-state index contributed by atoms with van der Waals surface area (Å²) in [4.78, 5) is 40.2. The van der Waals surface area contributed by atoms with Gasteiger partial charge in [0, 0.05) is 41.8 Å². The molecule has 3 aliphatic rings. The molecule has 1 saturated heterocycles. The smallest absolute Gasteiger partial charge is 0.322 e. The van der Waals surface area contributed by atoms with Gasteiger partial charge in [0.2, 0.25) is 5.91 Å². The van der Waals surface area contributed by atoms with Crippen molar-refractivity contribution in [3.05, 3.63) is 65.6 Å². The number of carbonyl (C=O) groups is 2. The van der Waals surface area contributed by atoms with Crippen LogP contribution in [0.25, 0.3) is 0 Å². The van der Waals surface area contributed by atoms with E-state index >= 15 is 0 Å². The summed E-state index contributed by atoms with van der Waals surface area (Å²) in [6.45, 7) is 3.36. The molecule has 0 bridgehead atoms. The van der Waals surface area contributed by atoms with E-state index in [2.05, 4.69) is 36.2 Å². The normalized spacial score (nSPS) is 24.3. The average Bonchev–Trinajstić information content (AvgIpc) is 3.47. The minimum Gasteiger partial charge on any atom is -0.424 e. The van der Waals surface area contributed by atoms with Gasteiger partial charge in [0.05, 0.1) is 11.7 Å². The van der Waals surface area contributed by atoms with Crippen LogP contribution in [0.2, 0.25) is 0 Å². The Morgan fingerprint density at radius 2 is 2.09 bits per heavy atom. The summed E-state index contributed by atoms with van der Waals surface area (Å²) in [7, 11) is 0. The number of para-hydroxylation sites is 1. The minimum absolute atomic E-state index is 0.00422. The van der Waals surface area contributed by atoms with Crippen LogP contribution < -0.4 is 26.0 Å². The van der Waals surface area contributed by atoms with E-state index < -0.39 is 10.8 Å². The molecule has 3 aliphatic heterocycles. The summed E-state index contributed by atoms with van der Waals surface area (Å²) in [6, 6.07) is 10.2. The molecule has 0 radical (unpaired) electrons. The number of amides is 3. The van der Waals surface area contributed by atoms with Crippen molar-refractivity contribution >= 4 is 29.4 Å². The maximum atomic E-state index is 14.1. The van der Waals surface area contributed by atoms with Gasteiger partial charge in [0.25, 0.3) is 0 Å². The molecule has 4 N–H and O–H groups in total. The van der Waals surface area contributed by atoms with Gasteiger partial charge < -0.3 is 26.0 Å². The molecule has 1 fully saturated rings. The number of nitrogens with zero attached hydrogens (tertiary/aromatic N) is 3. The second-order valence-corrected chi connectivity index (χ2v) is 9.91. The highest BCUT2D eigenvalue weighted by molar-refractivity contribution is 8.01. The predicted octanol–water partition coefficient (Wildman–Crippen LogP) is 2.63. The fourth-order valence-electron chi connectivity index (χ4n) is 4.84. The number of aryl methyl sites for hydroxylation is 1. The molecule has 35 heavy (non-hydrogen) atoms. The van der Waals surface area contributed by atoms with Crippen LogP contribution in [0.1, 0.15) is 29.3 Å². The predicted molar refractivity (Wildman–Crippen MR) is 129 cm³/mol. The SMILES string of the molecule is Cc1nc(Oc2ccccc2)ncc1C1(C(=O)NC2CCNC2)Sc2nccc3c2C1NC(=O)N3. The van der Waals surface area contributed by atoms with Crippen LogP contribution in [0.5, 0.6) is 11.8 Å². The molecular weight excluding hydrogens is 466 g/mol. The number of aromatic nitrogens is 3. The Hall–Kier alpha value is -3.70. The van der Waals surface area contributed by atoms with Crippen molar-refractivity contribution in [1.29, 1.82) is 0 Å². The van der Waals surface area contributed by atoms with E-state index in [0.717, 1.165) is 18.5 Å². The molecular formula is C24H23N7O3S. The molecule has 11 heteroatoms. The topological polar surface area (TPSA) is 130 Å². The summed E-state index contributed by atoms with van der Waals surface area (Å²) in [5, 5.41) is 13.0. The molecule has 10 nitrogen and oxygen atoms in total. The Morgan fingerprint density at radius 3 is 2.86 bits per heavy atom. The summed E-state index contributed by atoms with van der Waals surface area (Å²) in [5.41, 5.74) is 2.62.